The number of pyridine rings is 1. The molecular weight excluding hydrogens is 392 g/mol. The predicted octanol–water partition coefficient (Wildman–Crippen LogP) is 6.09. The van der Waals surface area contributed by atoms with Gasteiger partial charge in [0.1, 0.15) is 12.2 Å². The minimum absolute atomic E-state index is 0.118. The molecule has 0 N–H and O–H groups in total. The van der Waals surface area contributed by atoms with Gasteiger partial charge in [0.15, 0.2) is 5.69 Å². The zero-order valence-electron chi connectivity index (χ0n) is 17.5. The summed E-state index contributed by atoms with van der Waals surface area (Å²) in [5, 5.41) is 0.794. The first-order chi connectivity index (χ1) is 15.2. The van der Waals surface area contributed by atoms with E-state index in [-0.39, 0.29) is 5.97 Å². The summed E-state index contributed by atoms with van der Waals surface area (Å²) >= 11 is 0. The molecule has 4 rings (SSSR count). The zero-order valence-corrected chi connectivity index (χ0v) is 17.5. The number of hydrogen-bond acceptors (Lipinski definition) is 5. The van der Waals surface area contributed by atoms with E-state index in [0.717, 1.165) is 35.9 Å². The van der Waals surface area contributed by atoms with Gasteiger partial charge >= 0.3 is 5.97 Å². The number of benzene rings is 1. The van der Waals surface area contributed by atoms with Gasteiger partial charge in [0, 0.05) is 23.4 Å². The highest BCUT2D eigenvalue weighted by Crippen LogP contribution is 2.33. The number of fused-ring (bicyclic) bond motifs is 1. The average molecular weight is 416 g/mol. The normalized spacial score (nSPS) is 15.9. The fourth-order valence-electron chi connectivity index (χ4n) is 3.90. The lowest BCUT2D eigenvalue weighted by Gasteiger charge is -2.21. The van der Waals surface area contributed by atoms with Crippen molar-refractivity contribution in [2.45, 2.75) is 39.2 Å². The number of hydrogen-bond donors (Lipinski definition) is 0. The monoisotopic (exact) mass is 416 g/mol. The number of carbonyl (C=O) groups excluding carboxylic acids is 1. The summed E-state index contributed by atoms with van der Waals surface area (Å²) in [7, 11) is 0. The second-order valence-electron chi connectivity index (χ2n) is 7.55. The molecule has 6 nitrogen and oxygen atoms in total. The van der Waals surface area contributed by atoms with Crippen molar-refractivity contribution in [1.82, 2.24) is 4.98 Å². The summed E-state index contributed by atoms with van der Waals surface area (Å²) in [4.78, 5) is 19.9. The van der Waals surface area contributed by atoms with Crippen molar-refractivity contribution in [3.8, 4) is 5.88 Å². The number of furan rings is 1. The van der Waals surface area contributed by atoms with Gasteiger partial charge in [0.2, 0.25) is 5.88 Å². The molecule has 1 unspecified atom stereocenters. The molecule has 158 valence electrons. The smallest absolute Gasteiger partial charge is 0.306 e. The van der Waals surface area contributed by atoms with Crippen LogP contribution in [0.25, 0.3) is 21.4 Å². The molecule has 0 fully saturated rings. The Labute approximate surface area is 181 Å². The van der Waals surface area contributed by atoms with Crippen LogP contribution >= 0.6 is 0 Å². The number of allylic oxidation sites excluding steroid dienone is 2. The van der Waals surface area contributed by atoms with Crippen molar-refractivity contribution < 1.29 is 18.7 Å². The van der Waals surface area contributed by atoms with Crippen LogP contribution in [0.15, 0.2) is 53.2 Å². The van der Waals surface area contributed by atoms with Crippen molar-refractivity contribution in [2.24, 2.45) is 5.92 Å². The molecule has 1 aliphatic rings. The summed E-state index contributed by atoms with van der Waals surface area (Å²) in [6, 6.07) is 11.2. The fraction of sp³-hybridized carbons (Fsp3) is 0.320. The molecule has 2 aromatic heterocycles. The van der Waals surface area contributed by atoms with Gasteiger partial charge in [-0.15, -0.1) is 0 Å². The second kappa shape index (κ2) is 9.48. The molecule has 3 aromatic rings. The standard InChI is InChI=1S/C25H24N2O4/c1-3-29-24(28)15-17-7-9-18(10-8-17)21-5-4-6-23(27-21)31-16-19-11-12-22(26-2)20-13-14-30-25(19)20/h4-6,9,11-14,17H,3,7-8,10,15-16H2,1H3. The van der Waals surface area contributed by atoms with Gasteiger partial charge in [0.05, 0.1) is 25.1 Å². The van der Waals surface area contributed by atoms with E-state index in [0.29, 0.717) is 42.7 Å². The molecule has 1 atom stereocenters. The molecule has 0 spiro atoms. The molecule has 6 heteroatoms. The lowest BCUT2D eigenvalue weighted by atomic mass is 9.86. The minimum atomic E-state index is -0.118. The minimum Gasteiger partial charge on any atom is -0.473 e. The van der Waals surface area contributed by atoms with E-state index in [1.54, 1.807) is 18.4 Å². The van der Waals surface area contributed by atoms with Crippen molar-refractivity contribution in [3.63, 3.8) is 0 Å². The third-order valence-electron chi connectivity index (χ3n) is 5.50. The van der Waals surface area contributed by atoms with Crippen molar-refractivity contribution in [3.05, 3.63) is 71.4 Å². The number of rotatable bonds is 7. The van der Waals surface area contributed by atoms with Gasteiger partial charge < -0.3 is 13.9 Å². The number of aromatic nitrogens is 1. The van der Waals surface area contributed by atoms with Crippen LogP contribution < -0.4 is 4.74 Å². The number of ether oxygens (including phenoxy) is 2. The van der Waals surface area contributed by atoms with Crippen LogP contribution in [-0.4, -0.2) is 17.6 Å². The van der Waals surface area contributed by atoms with Gasteiger partial charge in [-0.2, -0.15) is 0 Å². The molecule has 2 heterocycles. The van der Waals surface area contributed by atoms with Crippen molar-refractivity contribution in [2.75, 3.05) is 6.61 Å². The summed E-state index contributed by atoms with van der Waals surface area (Å²) < 4.78 is 16.6. The maximum absolute atomic E-state index is 11.7. The summed E-state index contributed by atoms with van der Waals surface area (Å²) in [6.45, 7) is 9.84. The molecule has 1 aliphatic carbocycles. The van der Waals surface area contributed by atoms with Crippen LogP contribution in [0, 0.1) is 12.5 Å². The highest BCUT2D eigenvalue weighted by atomic mass is 16.5. The van der Waals surface area contributed by atoms with Gasteiger partial charge in [-0.05, 0) is 49.8 Å². The van der Waals surface area contributed by atoms with Gasteiger partial charge in [-0.3, -0.25) is 4.79 Å². The zero-order chi connectivity index (χ0) is 21.6. The highest BCUT2D eigenvalue weighted by molar-refractivity contribution is 5.93. The Kier molecular flexibility index (Phi) is 6.32. The van der Waals surface area contributed by atoms with Crippen LogP contribution in [0.3, 0.4) is 0 Å². The summed E-state index contributed by atoms with van der Waals surface area (Å²) in [6.07, 6.45) is 6.92. The van der Waals surface area contributed by atoms with E-state index in [1.807, 2.05) is 31.2 Å². The summed E-state index contributed by atoms with van der Waals surface area (Å²) in [5.41, 5.74) is 4.20. The number of carbonyl (C=O) groups is 1. The lowest BCUT2D eigenvalue weighted by Crippen LogP contribution is -2.14. The molecule has 0 aliphatic heterocycles. The maximum Gasteiger partial charge on any atom is 0.306 e. The molecule has 0 radical (unpaired) electrons. The van der Waals surface area contributed by atoms with Crippen LogP contribution in [0.2, 0.25) is 0 Å². The van der Waals surface area contributed by atoms with Crippen molar-refractivity contribution >= 4 is 28.2 Å². The first-order valence-electron chi connectivity index (χ1n) is 10.5. The van der Waals surface area contributed by atoms with E-state index < -0.39 is 0 Å². The van der Waals surface area contributed by atoms with Gasteiger partial charge in [0.25, 0.3) is 0 Å². The molecule has 0 saturated carbocycles. The Balaban J connectivity index is 1.42. The molecular formula is C25H24N2O4. The van der Waals surface area contributed by atoms with Crippen LogP contribution in [-0.2, 0) is 16.1 Å². The van der Waals surface area contributed by atoms with E-state index in [4.69, 9.17) is 20.5 Å². The highest BCUT2D eigenvalue weighted by Gasteiger charge is 2.20. The quantitative estimate of drug-likeness (QED) is 0.344. The summed E-state index contributed by atoms with van der Waals surface area (Å²) in [5.74, 6) is 0.755. The fourth-order valence-corrected chi connectivity index (χ4v) is 3.90. The van der Waals surface area contributed by atoms with Crippen LogP contribution in [0.4, 0.5) is 5.69 Å². The van der Waals surface area contributed by atoms with Crippen molar-refractivity contribution in [1.29, 1.82) is 0 Å². The first kappa shape index (κ1) is 20.7. The van der Waals surface area contributed by atoms with Gasteiger partial charge in [-0.25, -0.2) is 9.83 Å². The van der Waals surface area contributed by atoms with E-state index in [2.05, 4.69) is 15.9 Å². The number of nitrogens with zero attached hydrogens (tertiary/aromatic N) is 2. The van der Waals surface area contributed by atoms with Crippen LogP contribution in [0.5, 0.6) is 5.88 Å². The van der Waals surface area contributed by atoms with E-state index in [1.165, 1.54) is 5.57 Å². The molecule has 0 saturated heterocycles. The third kappa shape index (κ3) is 4.77. The Morgan fingerprint density at radius 2 is 2.19 bits per heavy atom. The molecule has 1 aromatic carbocycles. The first-order valence-corrected chi connectivity index (χ1v) is 10.5. The van der Waals surface area contributed by atoms with E-state index in [9.17, 15) is 4.79 Å². The maximum atomic E-state index is 11.7. The molecule has 0 amide bonds. The second-order valence-corrected chi connectivity index (χ2v) is 7.55. The molecule has 0 bridgehead atoms. The lowest BCUT2D eigenvalue weighted by molar-refractivity contribution is -0.144. The number of esters is 1. The third-order valence-corrected chi connectivity index (χ3v) is 5.50. The predicted molar refractivity (Wildman–Crippen MR) is 118 cm³/mol. The largest absolute Gasteiger partial charge is 0.473 e. The van der Waals surface area contributed by atoms with Crippen LogP contribution in [0.1, 0.15) is 43.9 Å². The Morgan fingerprint density at radius 1 is 1.29 bits per heavy atom. The topological polar surface area (TPSA) is 65.9 Å². The Bertz CT molecular complexity index is 1160. The van der Waals surface area contributed by atoms with Gasteiger partial charge in [-0.1, -0.05) is 24.3 Å². The Morgan fingerprint density at radius 3 is 2.97 bits per heavy atom. The molecule has 31 heavy (non-hydrogen) atoms. The SMILES string of the molecule is [C-]#[N+]c1ccc(COc2cccc(C3=CCC(CC(=O)OCC)CC3)n2)c2occc12. The van der Waals surface area contributed by atoms with E-state index >= 15 is 0 Å². The Hall–Kier alpha value is -3.59. The average Bonchev–Trinajstić information content (AvgIpc) is 3.29.